The van der Waals surface area contributed by atoms with Gasteiger partial charge in [0.05, 0.1) is 6.61 Å². The van der Waals surface area contributed by atoms with E-state index < -0.39 is 0 Å². The molecule has 1 N–H and O–H groups in total. The lowest BCUT2D eigenvalue weighted by molar-refractivity contribution is 0.166. The molecule has 0 aromatic heterocycles. The first-order valence-electron chi connectivity index (χ1n) is 6.83. The van der Waals surface area contributed by atoms with Gasteiger partial charge in [-0.05, 0) is 44.5 Å². The number of aryl methyl sites for hydroxylation is 1. The summed E-state index contributed by atoms with van der Waals surface area (Å²) in [4.78, 5) is 4.75. The standard InChI is InChI=1S/C15H24N2O/c1-13-5-3-6-14(11-13)17-8-4-7-15(12-17)16(2)9-10-18/h3,5-6,11,15,18H,4,7-10,12H2,1-2H3. The van der Waals surface area contributed by atoms with Crippen molar-refractivity contribution in [3.05, 3.63) is 29.8 Å². The van der Waals surface area contributed by atoms with Gasteiger partial charge in [-0.15, -0.1) is 0 Å². The lowest BCUT2D eigenvalue weighted by Crippen LogP contribution is -2.47. The van der Waals surface area contributed by atoms with Crippen molar-refractivity contribution in [1.82, 2.24) is 4.90 Å². The van der Waals surface area contributed by atoms with E-state index in [1.54, 1.807) is 0 Å². The smallest absolute Gasteiger partial charge is 0.0558 e. The van der Waals surface area contributed by atoms with Gasteiger partial charge in [0.25, 0.3) is 0 Å². The second-order valence-corrected chi connectivity index (χ2v) is 5.29. The normalized spacial score (nSPS) is 20.4. The maximum absolute atomic E-state index is 9.03. The first-order valence-corrected chi connectivity index (χ1v) is 6.83. The molecule has 18 heavy (non-hydrogen) atoms. The fourth-order valence-corrected chi connectivity index (χ4v) is 2.71. The molecule has 1 aliphatic heterocycles. The van der Waals surface area contributed by atoms with Gasteiger partial charge in [-0.2, -0.15) is 0 Å². The fraction of sp³-hybridized carbons (Fsp3) is 0.600. The van der Waals surface area contributed by atoms with E-state index in [-0.39, 0.29) is 6.61 Å². The number of piperidine rings is 1. The van der Waals surface area contributed by atoms with Crippen molar-refractivity contribution in [2.75, 3.05) is 38.2 Å². The van der Waals surface area contributed by atoms with Crippen molar-refractivity contribution in [2.24, 2.45) is 0 Å². The van der Waals surface area contributed by atoms with Gasteiger partial charge in [-0.1, -0.05) is 12.1 Å². The van der Waals surface area contributed by atoms with Crippen LogP contribution in [-0.2, 0) is 0 Å². The topological polar surface area (TPSA) is 26.7 Å². The summed E-state index contributed by atoms with van der Waals surface area (Å²) in [6.07, 6.45) is 2.47. The van der Waals surface area contributed by atoms with E-state index in [4.69, 9.17) is 5.11 Å². The van der Waals surface area contributed by atoms with Crippen LogP contribution in [0.4, 0.5) is 5.69 Å². The number of likely N-dealkylation sites (N-methyl/N-ethyl adjacent to an activating group) is 1. The van der Waals surface area contributed by atoms with E-state index in [0.717, 1.165) is 19.6 Å². The maximum Gasteiger partial charge on any atom is 0.0558 e. The van der Waals surface area contributed by atoms with E-state index in [0.29, 0.717) is 6.04 Å². The molecule has 1 aromatic rings. The minimum Gasteiger partial charge on any atom is -0.395 e. The molecule has 3 nitrogen and oxygen atoms in total. The Morgan fingerprint density at radius 1 is 1.44 bits per heavy atom. The van der Waals surface area contributed by atoms with Crippen molar-refractivity contribution in [1.29, 1.82) is 0 Å². The monoisotopic (exact) mass is 248 g/mol. The lowest BCUT2D eigenvalue weighted by atomic mass is 10.0. The SMILES string of the molecule is Cc1cccc(N2CCCC(N(C)CCO)C2)c1. The molecule has 1 atom stereocenters. The number of aliphatic hydroxyl groups excluding tert-OH is 1. The molecule has 0 radical (unpaired) electrons. The summed E-state index contributed by atoms with van der Waals surface area (Å²) in [6.45, 7) is 5.37. The van der Waals surface area contributed by atoms with Gasteiger partial charge in [0.15, 0.2) is 0 Å². The molecule has 1 fully saturated rings. The molecule has 1 aliphatic rings. The van der Waals surface area contributed by atoms with Crippen molar-refractivity contribution in [3.63, 3.8) is 0 Å². The third-order valence-corrected chi connectivity index (χ3v) is 3.84. The van der Waals surface area contributed by atoms with Gasteiger partial charge in [0.2, 0.25) is 0 Å². The summed E-state index contributed by atoms with van der Waals surface area (Å²) in [5, 5.41) is 9.03. The largest absolute Gasteiger partial charge is 0.395 e. The Balaban J connectivity index is 2.02. The van der Waals surface area contributed by atoms with Crippen molar-refractivity contribution in [3.8, 4) is 0 Å². The van der Waals surface area contributed by atoms with Crippen LogP contribution in [0.1, 0.15) is 18.4 Å². The molecule has 0 spiro atoms. The van der Waals surface area contributed by atoms with Crippen molar-refractivity contribution >= 4 is 5.69 Å². The third kappa shape index (κ3) is 3.24. The predicted molar refractivity (Wildman–Crippen MR) is 76.1 cm³/mol. The van der Waals surface area contributed by atoms with Crippen LogP contribution in [0.15, 0.2) is 24.3 Å². The number of benzene rings is 1. The average molecular weight is 248 g/mol. The highest BCUT2D eigenvalue weighted by atomic mass is 16.3. The zero-order valence-corrected chi connectivity index (χ0v) is 11.5. The van der Waals surface area contributed by atoms with Gasteiger partial charge in [-0.3, -0.25) is 4.90 Å². The van der Waals surface area contributed by atoms with E-state index in [2.05, 4.69) is 48.0 Å². The second kappa shape index (κ2) is 6.21. The van der Waals surface area contributed by atoms with Crippen LogP contribution < -0.4 is 4.90 Å². The molecule has 1 saturated heterocycles. The summed E-state index contributed by atoms with van der Waals surface area (Å²) in [7, 11) is 2.11. The zero-order valence-electron chi connectivity index (χ0n) is 11.5. The Hall–Kier alpha value is -1.06. The highest BCUT2D eigenvalue weighted by Crippen LogP contribution is 2.22. The highest BCUT2D eigenvalue weighted by Gasteiger charge is 2.22. The summed E-state index contributed by atoms with van der Waals surface area (Å²) in [5.41, 5.74) is 2.65. The first kappa shape index (κ1) is 13.4. The summed E-state index contributed by atoms with van der Waals surface area (Å²) in [6, 6.07) is 9.29. The average Bonchev–Trinajstić information content (AvgIpc) is 2.39. The van der Waals surface area contributed by atoms with E-state index in [9.17, 15) is 0 Å². The van der Waals surface area contributed by atoms with Crippen molar-refractivity contribution in [2.45, 2.75) is 25.8 Å². The van der Waals surface area contributed by atoms with E-state index in [1.807, 2.05) is 0 Å². The molecule has 2 rings (SSSR count). The fourth-order valence-electron chi connectivity index (χ4n) is 2.71. The van der Waals surface area contributed by atoms with E-state index >= 15 is 0 Å². The Morgan fingerprint density at radius 2 is 2.28 bits per heavy atom. The van der Waals surface area contributed by atoms with Gasteiger partial charge in [-0.25, -0.2) is 0 Å². The van der Waals surface area contributed by atoms with Gasteiger partial charge < -0.3 is 10.0 Å². The summed E-state index contributed by atoms with van der Waals surface area (Å²) in [5.74, 6) is 0. The van der Waals surface area contributed by atoms with Crippen LogP contribution in [0.3, 0.4) is 0 Å². The van der Waals surface area contributed by atoms with E-state index in [1.165, 1.54) is 24.1 Å². The minimum absolute atomic E-state index is 0.247. The van der Waals surface area contributed by atoms with Crippen LogP contribution in [-0.4, -0.2) is 49.3 Å². The van der Waals surface area contributed by atoms with Crippen LogP contribution in [0.25, 0.3) is 0 Å². The molecule has 1 heterocycles. The molecule has 0 amide bonds. The molecule has 100 valence electrons. The van der Waals surface area contributed by atoms with Crippen LogP contribution in [0, 0.1) is 6.92 Å². The third-order valence-electron chi connectivity index (χ3n) is 3.84. The summed E-state index contributed by atoms with van der Waals surface area (Å²) >= 11 is 0. The number of rotatable bonds is 4. The number of nitrogens with zero attached hydrogens (tertiary/aromatic N) is 2. The number of hydrogen-bond acceptors (Lipinski definition) is 3. The van der Waals surface area contributed by atoms with Gasteiger partial charge >= 0.3 is 0 Å². The summed E-state index contributed by atoms with van der Waals surface area (Å²) < 4.78 is 0. The van der Waals surface area contributed by atoms with Crippen LogP contribution in [0.2, 0.25) is 0 Å². The van der Waals surface area contributed by atoms with Crippen LogP contribution in [0.5, 0.6) is 0 Å². The lowest BCUT2D eigenvalue weighted by Gasteiger charge is -2.38. The van der Waals surface area contributed by atoms with Gasteiger partial charge in [0.1, 0.15) is 0 Å². The Bertz CT molecular complexity index is 381. The quantitative estimate of drug-likeness (QED) is 0.881. The maximum atomic E-state index is 9.03. The highest BCUT2D eigenvalue weighted by molar-refractivity contribution is 5.48. The number of anilines is 1. The molecule has 3 heteroatoms. The van der Waals surface area contributed by atoms with Gasteiger partial charge in [0, 0.05) is 31.4 Å². The number of hydrogen-bond donors (Lipinski definition) is 1. The number of aliphatic hydroxyl groups is 1. The molecule has 1 unspecified atom stereocenters. The van der Waals surface area contributed by atoms with Crippen molar-refractivity contribution < 1.29 is 5.11 Å². The second-order valence-electron chi connectivity index (χ2n) is 5.29. The first-order chi connectivity index (χ1) is 8.70. The minimum atomic E-state index is 0.247. The molecule has 0 bridgehead atoms. The Labute approximate surface area is 110 Å². The Kier molecular flexibility index (Phi) is 4.61. The molecular formula is C15H24N2O. The Morgan fingerprint density at radius 3 is 3.00 bits per heavy atom. The molecular weight excluding hydrogens is 224 g/mol. The molecule has 1 aromatic carbocycles. The predicted octanol–water partition coefficient (Wildman–Crippen LogP) is 1.89. The molecule has 0 aliphatic carbocycles. The molecule has 0 saturated carbocycles. The van der Waals surface area contributed by atoms with Crippen LogP contribution >= 0.6 is 0 Å². The zero-order chi connectivity index (χ0) is 13.0.